The molecule has 25 nitrogen and oxygen atoms in total. The molecule has 0 aliphatic carbocycles. The van der Waals surface area contributed by atoms with Crippen LogP contribution in [0, 0.1) is 41.4 Å². The molecule has 1 aliphatic rings. The fourth-order valence-corrected chi connectivity index (χ4v) is 13.4. The molecule has 1 saturated heterocycles. The molecule has 0 spiro atoms. The first kappa shape index (κ1) is 87.0. The zero-order chi connectivity index (χ0) is 73.5. The number of aliphatic hydroxyl groups excluding tert-OH is 1. The van der Waals surface area contributed by atoms with Crippen LogP contribution in [0.4, 0.5) is 0 Å². The Morgan fingerprint density at radius 1 is 0.463 bits per heavy atom. The van der Waals surface area contributed by atoms with E-state index in [-0.39, 0.29) is 73.7 Å². The Morgan fingerprint density at radius 2 is 0.863 bits per heavy atom. The Bertz CT molecular complexity index is 2620. The molecule has 1 heterocycles. The molecule has 0 saturated carbocycles. The summed E-state index contributed by atoms with van der Waals surface area (Å²) in [5, 5.41) is 23.4. The second-order valence-corrected chi connectivity index (χ2v) is 30.3. The SMILES string of the molecule is C/C=C/C[C@@H](C)[C@@H](O)[C@H]1C(=O)N[C@@H](CC)C(=O)N(C)[C@H](CS(=O)CCN(CC)CC)C(=O)N(C)[C@@H](CC(C)C)C(=O)N[C@@H](C(C)C)C(=O)N(C)[C@@H](CC(C)C)C(=O)N[C@@H](C)C(=O)N[C@H](C)C(=O)N(C)[C@@H](CC(C)C)C(=O)N(C)[C@@H](CC(C)C)C(=O)N(C)[C@@H](C(C)C)C(=O)N1C. The van der Waals surface area contributed by atoms with Crippen molar-refractivity contribution in [2.75, 3.05) is 80.5 Å². The summed E-state index contributed by atoms with van der Waals surface area (Å²) in [4.78, 5) is 175. The monoisotopic (exact) mass is 1360 g/mol. The van der Waals surface area contributed by atoms with Crippen LogP contribution >= 0.6 is 0 Å². The van der Waals surface area contributed by atoms with Gasteiger partial charge in [0.2, 0.25) is 65.0 Å². The van der Waals surface area contributed by atoms with Crippen LogP contribution in [0.3, 0.4) is 0 Å². The lowest BCUT2D eigenvalue weighted by molar-refractivity contribution is -0.157. The Labute approximate surface area is 572 Å². The van der Waals surface area contributed by atoms with E-state index in [4.69, 9.17) is 0 Å². The van der Waals surface area contributed by atoms with E-state index in [1.807, 2.05) is 69.2 Å². The topological polar surface area (TPSA) is 299 Å². The number of carbonyl (C=O) groups is 11. The van der Waals surface area contributed by atoms with Crippen molar-refractivity contribution in [1.29, 1.82) is 0 Å². The zero-order valence-electron chi connectivity index (χ0n) is 62.7. The Morgan fingerprint density at radius 3 is 1.31 bits per heavy atom. The third-order valence-electron chi connectivity index (χ3n) is 18.3. The minimum atomic E-state index is -1.74. The summed E-state index contributed by atoms with van der Waals surface area (Å²) in [5.41, 5.74) is 0. The number of hydrogen-bond acceptors (Lipinski definition) is 14. The summed E-state index contributed by atoms with van der Waals surface area (Å²) in [6.45, 7) is 35.4. The van der Waals surface area contributed by atoms with Gasteiger partial charge in [-0.05, 0) is 114 Å². The number of nitrogens with one attached hydrogen (secondary N) is 4. The molecule has 0 bridgehead atoms. The molecule has 0 radical (unpaired) electrons. The first-order valence-electron chi connectivity index (χ1n) is 34.5. The number of likely N-dealkylation sites (N-methyl/N-ethyl adjacent to an activating group) is 7. The van der Waals surface area contributed by atoms with E-state index in [0.29, 0.717) is 19.6 Å². The Kier molecular flexibility index (Phi) is 37.2. The molecular weight excluding hydrogens is 1240 g/mol. The average molecular weight is 1360 g/mol. The van der Waals surface area contributed by atoms with Crippen LogP contribution in [0.15, 0.2) is 12.2 Å². The molecule has 11 amide bonds. The Balaban J connectivity index is 4.60. The third-order valence-corrected chi connectivity index (χ3v) is 19.6. The number of hydrogen-bond donors (Lipinski definition) is 5. The molecule has 14 atom stereocenters. The third kappa shape index (κ3) is 25.1. The van der Waals surface area contributed by atoms with Crippen molar-refractivity contribution in [1.82, 2.24) is 60.5 Å². The van der Waals surface area contributed by atoms with Crippen LogP contribution in [-0.4, -0.2) is 267 Å². The predicted molar refractivity (Wildman–Crippen MR) is 373 cm³/mol. The second kappa shape index (κ2) is 40.6. The van der Waals surface area contributed by atoms with E-state index in [1.54, 1.807) is 60.6 Å². The minimum absolute atomic E-state index is 0.0627. The molecule has 0 aromatic rings. The maximum atomic E-state index is 15.4. The van der Waals surface area contributed by atoms with Gasteiger partial charge in [-0.1, -0.05) is 123 Å². The summed E-state index contributed by atoms with van der Waals surface area (Å²) < 4.78 is 14.3. The van der Waals surface area contributed by atoms with Crippen LogP contribution in [0.1, 0.15) is 170 Å². The maximum Gasteiger partial charge on any atom is 0.246 e. The summed E-state index contributed by atoms with van der Waals surface area (Å²) in [5.74, 6) is -10.7. The molecule has 1 fully saturated rings. The van der Waals surface area contributed by atoms with Gasteiger partial charge in [0.25, 0.3) is 0 Å². The number of amides is 11. The van der Waals surface area contributed by atoms with Crippen LogP contribution in [0.5, 0.6) is 0 Å². The van der Waals surface area contributed by atoms with Gasteiger partial charge in [0.05, 0.1) is 11.9 Å². The van der Waals surface area contributed by atoms with Crippen LogP contribution in [0.25, 0.3) is 0 Å². The van der Waals surface area contributed by atoms with Gasteiger partial charge in [-0.25, -0.2) is 0 Å². The van der Waals surface area contributed by atoms with Gasteiger partial charge in [-0.2, -0.15) is 0 Å². The van der Waals surface area contributed by atoms with E-state index >= 15 is 28.8 Å². The predicted octanol–water partition coefficient (Wildman–Crippen LogP) is 3.73. The van der Waals surface area contributed by atoms with E-state index in [1.165, 1.54) is 87.7 Å². The van der Waals surface area contributed by atoms with Crippen molar-refractivity contribution < 1.29 is 62.1 Å². The highest BCUT2D eigenvalue weighted by Crippen LogP contribution is 2.26. The quantitative estimate of drug-likeness (QED) is 0.0966. The normalized spacial score (nSPS) is 26.5. The van der Waals surface area contributed by atoms with Gasteiger partial charge in [0.1, 0.15) is 66.5 Å². The number of carbonyl (C=O) groups excluding carboxylic acids is 11. The molecular formula is C69H126N12O13S. The molecule has 1 rings (SSSR count). The molecule has 26 heteroatoms. The lowest BCUT2D eigenvalue weighted by Gasteiger charge is -2.41. The van der Waals surface area contributed by atoms with Crippen LogP contribution < -0.4 is 21.3 Å². The second-order valence-electron chi connectivity index (χ2n) is 28.6. The largest absolute Gasteiger partial charge is 0.390 e. The summed E-state index contributed by atoms with van der Waals surface area (Å²) in [6, 6.07) is -14.4. The van der Waals surface area contributed by atoms with E-state index < -0.39 is 166 Å². The highest BCUT2D eigenvalue weighted by molar-refractivity contribution is 7.85. The molecule has 1 aliphatic heterocycles. The fourth-order valence-electron chi connectivity index (χ4n) is 12.0. The van der Waals surface area contributed by atoms with Crippen molar-refractivity contribution in [2.45, 2.75) is 243 Å². The number of allylic oxidation sites excluding steroid dienone is 2. The zero-order valence-corrected chi connectivity index (χ0v) is 63.6. The van der Waals surface area contributed by atoms with Crippen molar-refractivity contribution in [3.05, 3.63) is 12.2 Å². The number of nitrogens with zero attached hydrogens (tertiary/aromatic N) is 8. The van der Waals surface area contributed by atoms with Gasteiger partial charge in [-0.3, -0.25) is 56.9 Å². The number of aliphatic hydroxyl groups is 1. The van der Waals surface area contributed by atoms with Gasteiger partial charge in [0, 0.05) is 72.4 Å². The smallest absolute Gasteiger partial charge is 0.246 e. The van der Waals surface area contributed by atoms with Crippen molar-refractivity contribution >= 4 is 75.8 Å². The summed E-state index contributed by atoms with van der Waals surface area (Å²) in [6.07, 6.45) is 2.70. The van der Waals surface area contributed by atoms with Crippen molar-refractivity contribution in [3.8, 4) is 0 Å². The van der Waals surface area contributed by atoms with E-state index in [0.717, 1.165) is 9.80 Å². The highest BCUT2D eigenvalue weighted by Gasteiger charge is 2.47. The first-order chi connectivity index (χ1) is 44.0. The Hall–Kier alpha value is -6.02. The standard InChI is InChI=1S/C69H126N12O13S/c1-27-31-32-46(17)58(82)57-62(86)72-49(28-2)64(88)78(24)54(39-95(94)34-33-81(29-3)30-4)67(91)74(20)51(36-41(7)8)61(85)73-55(44(13)14)68(92)75(21)50(35-40(5)6)60(84)70-47(18)59(83)71-48(19)63(87)76(22)52(37-42(9)10)65(89)77(23)53(38-43(11)12)66(90)79(25)56(45(15)16)69(93)80(57)26/h27,31,40-58,82H,28-30,32-39H2,1-26H3,(H,70,84)(H,71,83)(H,72,86)(H,73,85)/b31-27+/t46-,47+,48-,49+,50+,51+,52+,53+,54-,55+,56+,57+,58-,95?/m1/s1. The van der Waals surface area contributed by atoms with Crippen LogP contribution in [0.2, 0.25) is 0 Å². The van der Waals surface area contributed by atoms with E-state index in [9.17, 15) is 33.3 Å². The van der Waals surface area contributed by atoms with Gasteiger partial charge in [0.15, 0.2) is 0 Å². The highest BCUT2D eigenvalue weighted by atomic mass is 32.2. The van der Waals surface area contributed by atoms with Crippen molar-refractivity contribution in [2.24, 2.45) is 41.4 Å². The van der Waals surface area contributed by atoms with E-state index in [2.05, 4.69) is 26.2 Å². The fraction of sp³-hybridized carbons (Fsp3) is 0.812. The molecule has 95 heavy (non-hydrogen) atoms. The summed E-state index contributed by atoms with van der Waals surface area (Å²) >= 11 is 0. The minimum Gasteiger partial charge on any atom is -0.390 e. The lowest BCUT2D eigenvalue weighted by Crippen LogP contribution is -2.64. The van der Waals surface area contributed by atoms with Crippen molar-refractivity contribution in [3.63, 3.8) is 0 Å². The molecule has 0 aromatic heterocycles. The summed E-state index contributed by atoms with van der Waals surface area (Å²) in [7, 11) is 8.09. The van der Waals surface area contributed by atoms with Crippen LogP contribution in [-0.2, 0) is 63.5 Å². The molecule has 5 N–H and O–H groups in total. The average Bonchev–Trinajstić information content (AvgIpc) is 0.881. The first-order valence-corrected chi connectivity index (χ1v) is 35.9. The molecule has 0 aromatic carbocycles. The molecule has 546 valence electrons. The maximum absolute atomic E-state index is 15.4. The van der Waals surface area contributed by atoms with Gasteiger partial charge in [-0.15, -0.1) is 0 Å². The lowest BCUT2D eigenvalue weighted by atomic mass is 9.91. The van der Waals surface area contributed by atoms with Gasteiger partial charge >= 0.3 is 0 Å². The van der Waals surface area contributed by atoms with Gasteiger partial charge < -0.3 is 65.6 Å². The number of rotatable bonds is 22. The molecule has 1 unspecified atom stereocenters.